The third kappa shape index (κ3) is 3.59. The molecule has 1 aromatic carbocycles. The van der Waals surface area contributed by atoms with Gasteiger partial charge in [0.25, 0.3) is 0 Å². The van der Waals surface area contributed by atoms with Crippen LogP contribution in [-0.2, 0) is 6.42 Å². The Balaban J connectivity index is 1.86. The first kappa shape index (κ1) is 17.6. The van der Waals surface area contributed by atoms with Gasteiger partial charge in [-0.1, -0.05) is 18.6 Å². The van der Waals surface area contributed by atoms with Crippen LogP contribution in [0.5, 0.6) is 0 Å². The van der Waals surface area contributed by atoms with Crippen LogP contribution in [0.2, 0.25) is 0 Å². The zero-order valence-corrected chi connectivity index (χ0v) is 14.9. The molecular weight excluding hydrogens is 315 g/mol. The number of hydrogen-bond acceptors (Lipinski definition) is 2. The zero-order chi connectivity index (χ0) is 18.0. The molecule has 0 fully saturated rings. The van der Waals surface area contributed by atoms with E-state index in [4.69, 9.17) is 0 Å². The average Bonchev–Trinajstić information content (AvgIpc) is 2.96. The highest BCUT2D eigenvalue weighted by Gasteiger charge is 2.34. The smallest absolute Gasteiger partial charge is 0.123 e. The van der Waals surface area contributed by atoms with E-state index in [2.05, 4.69) is 31.6 Å². The van der Waals surface area contributed by atoms with E-state index >= 15 is 0 Å². The number of hydrogen-bond donors (Lipinski definition) is 1. The van der Waals surface area contributed by atoms with Crippen molar-refractivity contribution in [3.05, 3.63) is 65.8 Å². The molecule has 25 heavy (non-hydrogen) atoms. The van der Waals surface area contributed by atoms with E-state index in [0.717, 1.165) is 42.6 Å². The summed E-state index contributed by atoms with van der Waals surface area (Å²) < 4.78 is 15.0. The van der Waals surface area contributed by atoms with Gasteiger partial charge >= 0.3 is 0 Å². The van der Waals surface area contributed by atoms with Crippen molar-refractivity contribution in [3.8, 4) is 5.69 Å². The summed E-state index contributed by atoms with van der Waals surface area (Å²) in [6.07, 6.45) is 8.69. The average molecular weight is 340 g/mol. The van der Waals surface area contributed by atoms with E-state index < -0.39 is 0 Å². The highest BCUT2D eigenvalue weighted by molar-refractivity contribution is 5.60. The minimum absolute atomic E-state index is 0.0791. The number of rotatable bonds is 6. The van der Waals surface area contributed by atoms with Crippen molar-refractivity contribution >= 4 is 6.08 Å². The van der Waals surface area contributed by atoms with Crippen LogP contribution >= 0.6 is 0 Å². The molecule has 0 aliphatic heterocycles. The number of allylic oxidation sites excluding steroid dienone is 2. The molecule has 0 amide bonds. The highest BCUT2D eigenvalue weighted by Crippen LogP contribution is 2.42. The van der Waals surface area contributed by atoms with Gasteiger partial charge in [0.15, 0.2) is 0 Å². The van der Waals surface area contributed by atoms with Crippen molar-refractivity contribution in [3.63, 3.8) is 0 Å². The molecule has 1 N–H and O–H groups in total. The van der Waals surface area contributed by atoms with Gasteiger partial charge in [-0.05, 0) is 73.9 Å². The second kappa shape index (κ2) is 6.96. The first-order chi connectivity index (χ1) is 11.9. The molecule has 1 heterocycles. The Morgan fingerprint density at radius 2 is 2.12 bits per heavy atom. The van der Waals surface area contributed by atoms with Gasteiger partial charge in [-0.2, -0.15) is 5.10 Å². The summed E-state index contributed by atoms with van der Waals surface area (Å²) in [5.74, 6) is -0.252. The Morgan fingerprint density at radius 1 is 1.40 bits per heavy atom. The van der Waals surface area contributed by atoms with E-state index in [-0.39, 0.29) is 17.3 Å². The van der Waals surface area contributed by atoms with Crippen molar-refractivity contribution in [2.24, 2.45) is 5.41 Å². The van der Waals surface area contributed by atoms with Crippen LogP contribution in [0, 0.1) is 11.2 Å². The fourth-order valence-corrected chi connectivity index (χ4v) is 3.57. The third-order valence-corrected chi connectivity index (χ3v) is 5.23. The second-order valence-corrected chi connectivity index (χ2v) is 7.23. The lowest BCUT2D eigenvalue weighted by Crippen LogP contribution is -2.29. The molecule has 1 aromatic heterocycles. The summed E-state index contributed by atoms with van der Waals surface area (Å²) in [6.45, 7) is 8.04. The number of aromatic nitrogens is 2. The van der Waals surface area contributed by atoms with E-state index in [9.17, 15) is 9.50 Å². The van der Waals surface area contributed by atoms with Gasteiger partial charge in [0.1, 0.15) is 5.82 Å². The summed E-state index contributed by atoms with van der Waals surface area (Å²) in [6, 6.07) is 6.36. The van der Waals surface area contributed by atoms with Gasteiger partial charge in [-0.25, -0.2) is 9.07 Å². The van der Waals surface area contributed by atoms with Crippen molar-refractivity contribution in [1.82, 2.24) is 9.78 Å². The lowest BCUT2D eigenvalue weighted by molar-refractivity contribution is 0.113. The van der Waals surface area contributed by atoms with Crippen molar-refractivity contribution in [1.29, 1.82) is 0 Å². The SMILES string of the molecule is C=CCCC(O)C[C@@]1(C)Cc2cnn(-c3ccc(F)cc3)c2C=C1C. The van der Waals surface area contributed by atoms with Gasteiger partial charge in [0, 0.05) is 0 Å². The number of aliphatic hydroxyl groups excluding tert-OH is 1. The molecule has 3 nitrogen and oxygen atoms in total. The summed E-state index contributed by atoms with van der Waals surface area (Å²) in [5.41, 5.74) is 4.21. The molecule has 0 saturated heterocycles. The highest BCUT2D eigenvalue weighted by atomic mass is 19.1. The predicted octanol–water partition coefficient (Wildman–Crippen LogP) is 4.69. The molecule has 2 aromatic rings. The Morgan fingerprint density at radius 3 is 2.80 bits per heavy atom. The van der Waals surface area contributed by atoms with Crippen LogP contribution in [0.3, 0.4) is 0 Å². The molecule has 0 spiro atoms. The number of nitrogens with zero attached hydrogens (tertiary/aromatic N) is 2. The van der Waals surface area contributed by atoms with E-state index in [0.29, 0.717) is 0 Å². The third-order valence-electron chi connectivity index (χ3n) is 5.23. The van der Waals surface area contributed by atoms with Crippen molar-refractivity contribution in [2.45, 2.75) is 45.6 Å². The zero-order valence-electron chi connectivity index (χ0n) is 14.9. The van der Waals surface area contributed by atoms with E-state index in [1.165, 1.54) is 17.7 Å². The minimum atomic E-state index is -0.333. The first-order valence-electron chi connectivity index (χ1n) is 8.73. The van der Waals surface area contributed by atoms with Gasteiger partial charge in [0.05, 0.1) is 23.7 Å². The van der Waals surface area contributed by atoms with Crippen LogP contribution < -0.4 is 0 Å². The largest absolute Gasteiger partial charge is 0.393 e. The molecule has 0 bridgehead atoms. The molecule has 1 aliphatic rings. The second-order valence-electron chi connectivity index (χ2n) is 7.23. The van der Waals surface area contributed by atoms with Crippen molar-refractivity contribution < 1.29 is 9.50 Å². The number of fused-ring (bicyclic) bond motifs is 1. The number of aliphatic hydroxyl groups is 1. The van der Waals surface area contributed by atoms with E-state index in [1.807, 2.05) is 17.0 Å². The van der Waals surface area contributed by atoms with Crippen LogP contribution in [-0.4, -0.2) is 21.0 Å². The van der Waals surface area contributed by atoms with Crippen LogP contribution in [0.25, 0.3) is 11.8 Å². The monoisotopic (exact) mass is 340 g/mol. The van der Waals surface area contributed by atoms with Crippen molar-refractivity contribution in [2.75, 3.05) is 0 Å². The summed E-state index contributed by atoms with van der Waals surface area (Å²) in [4.78, 5) is 0. The van der Waals surface area contributed by atoms with E-state index in [1.54, 1.807) is 12.1 Å². The van der Waals surface area contributed by atoms with Gasteiger partial charge < -0.3 is 5.11 Å². The summed E-state index contributed by atoms with van der Waals surface area (Å²) >= 11 is 0. The number of halogens is 1. The predicted molar refractivity (Wildman–Crippen MR) is 99.0 cm³/mol. The van der Waals surface area contributed by atoms with Crippen LogP contribution in [0.15, 0.2) is 48.7 Å². The Hall–Kier alpha value is -2.20. The quantitative estimate of drug-likeness (QED) is 0.775. The topological polar surface area (TPSA) is 38.1 Å². The van der Waals surface area contributed by atoms with Gasteiger partial charge in [-0.15, -0.1) is 6.58 Å². The maximum atomic E-state index is 13.2. The van der Waals surface area contributed by atoms with Crippen LogP contribution in [0.4, 0.5) is 4.39 Å². The van der Waals surface area contributed by atoms with Gasteiger partial charge in [-0.3, -0.25) is 0 Å². The molecule has 0 radical (unpaired) electrons. The Kier molecular flexibility index (Phi) is 4.91. The molecule has 2 atom stereocenters. The normalized spacial score (nSPS) is 20.7. The summed E-state index contributed by atoms with van der Waals surface area (Å²) in [7, 11) is 0. The molecule has 3 rings (SSSR count). The molecule has 132 valence electrons. The van der Waals surface area contributed by atoms with Gasteiger partial charge in [0.2, 0.25) is 0 Å². The lowest BCUT2D eigenvalue weighted by Gasteiger charge is -2.35. The number of benzene rings is 1. The molecular formula is C21H25FN2O. The molecule has 1 unspecified atom stereocenters. The standard InChI is InChI=1S/C21H25FN2O/c1-4-5-6-19(25)13-21(3)12-16-14-23-24(20(16)11-15(21)2)18-9-7-17(22)8-10-18/h4,7-11,14,19,25H,1,5-6,12-13H2,2-3H3/t19?,21-/m1/s1. The summed E-state index contributed by atoms with van der Waals surface area (Å²) in [5, 5.41) is 14.8. The lowest BCUT2D eigenvalue weighted by atomic mass is 9.70. The molecule has 4 heteroatoms. The maximum absolute atomic E-state index is 13.2. The maximum Gasteiger partial charge on any atom is 0.123 e. The Labute approximate surface area is 148 Å². The van der Waals surface area contributed by atoms with Crippen LogP contribution in [0.1, 0.15) is 44.4 Å². The molecule has 1 aliphatic carbocycles. The fraction of sp³-hybridized carbons (Fsp3) is 0.381. The fourth-order valence-electron chi connectivity index (χ4n) is 3.57. The molecule has 0 saturated carbocycles. The first-order valence-corrected chi connectivity index (χ1v) is 8.73. The minimum Gasteiger partial charge on any atom is -0.393 e. The Bertz CT molecular complexity index is 791.